The molecule has 9 nitrogen and oxygen atoms in total. The average Bonchev–Trinajstić information content (AvgIpc) is 2.81. The molecule has 1 aromatic heterocycles. The number of benzene rings is 2. The van der Waals surface area contributed by atoms with E-state index in [0.717, 1.165) is 12.0 Å². The SMILES string of the molecule is CN=C(NC)NCCc1ccc(OC(=O)c2cc3cc(COC(C)=O)ccc3oc2=O)cc1. The lowest BCUT2D eigenvalue weighted by Gasteiger charge is -2.09. The van der Waals surface area contributed by atoms with E-state index in [1.807, 2.05) is 12.1 Å². The van der Waals surface area contributed by atoms with Gasteiger partial charge in [-0.1, -0.05) is 18.2 Å². The van der Waals surface area contributed by atoms with Crippen LogP contribution in [0.4, 0.5) is 0 Å². The zero-order valence-electron chi connectivity index (χ0n) is 18.6. The number of rotatable bonds is 7. The molecular weight excluding hydrogens is 426 g/mol. The Labute approximate surface area is 190 Å². The molecule has 2 aromatic carbocycles. The smallest absolute Gasteiger partial charge is 0.351 e. The van der Waals surface area contributed by atoms with Gasteiger partial charge in [-0.25, -0.2) is 9.59 Å². The Morgan fingerprint density at radius 1 is 1.06 bits per heavy atom. The minimum atomic E-state index is -0.816. The van der Waals surface area contributed by atoms with Crippen molar-refractivity contribution < 1.29 is 23.5 Å². The summed E-state index contributed by atoms with van der Waals surface area (Å²) in [4.78, 5) is 39.9. The van der Waals surface area contributed by atoms with Crippen molar-refractivity contribution in [3.8, 4) is 5.75 Å². The summed E-state index contributed by atoms with van der Waals surface area (Å²) in [6.07, 6.45) is 0.749. The number of fused-ring (bicyclic) bond motifs is 1. The second kappa shape index (κ2) is 10.9. The van der Waals surface area contributed by atoms with Crippen molar-refractivity contribution in [3.63, 3.8) is 0 Å². The third-order valence-corrected chi connectivity index (χ3v) is 4.76. The normalized spacial score (nSPS) is 11.2. The maximum absolute atomic E-state index is 12.6. The molecule has 0 saturated heterocycles. The molecule has 0 fully saturated rings. The van der Waals surface area contributed by atoms with Crippen LogP contribution in [0.5, 0.6) is 5.75 Å². The van der Waals surface area contributed by atoms with Crippen molar-refractivity contribution in [2.24, 2.45) is 4.99 Å². The summed E-state index contributed by atoms with van der Waals surface area (Å²) in [5, 5.41) is 6.62. The highest BCUT2D eigenvalue weighted by atomic mass is 16.5. The molecule has 0 atom stereocenters. The average molecular weight is 451 g/mol. The van der Waals surface area contributed by atoms with Gasteiger partial charge in [-0.05, 0) is 47.9 Å². The fraction of sp³-hybridized carbons (Fsp3) is 0.250. The van der Waals surface area contributed by atoms with Crippen LogP contribution in [0.2, 0.25) is 0 Å². The molecule has 1 heterocycles. The first-order valence-corrected chi connectivity index (χ1v) is 10.3. The number of carbonyl (C=O) groups excluding carboxylic acids is 2. The molecule has 172 valence electrons. The zero-order valence-corrected chi connectivity index (χ0v) is 18.6. The molecule has 33 heavy (non-hydrogen) atoms. The summed E-state index contributed by atoms with van der Waals surface area (Å²) in [7, 11) is 3.48. The van der Waals surface area contributed by atoms with Crippen LogP contribution in [0.3, 0.4) is 0 Å². The summed E-state index contributed by atoms with van der Waals surface area (Å²) >= 11 is 0. The van der Waals surface area contributed by atoms with E-state index in [1.165, 1.54) is 13.0 Å². The molecule has 0 aliphatic rings. The lowest BCUT2D eigenvalue weighted by Crippen LogP contribution is -2.35. The van der Waals surface area contributed by atoms with Crippen molar-refractivity contribution in [1.29, 1.82) is 0 Å². The number of hydrogen-bond acceptors (Lipinski definition) is 7. The summed E-state index contributed by atoms with van der Waals surface area (Å²) in [5.74, 6) is -0.207. The molecule has 0 amide bonds. The first-order chi connectivity index (χ1) is 15.9. The fourth-order valence-corrected chi connectivity index (χ4v) is 3.08. The number of hydrogen-bond donors (Lipinski definition) is 2. The number of aliphatic imine (C=N–C) groups is 1. The largest absolute Gasteiger partial charge is 0.461 e. The number of guanidine groups is 1. The lowest BCUT2D eigenvalue weighted by atomic mass is 10.1. The molecular formula is C24H25N3O6. The highest BCUT2D eigenvalue weighted by Crippen LogP contribution is 2.18. The van der Waals surface area contributed by atoms with Crippen molar-refractivity contribution in [3.05, 3.63) is 75.6 Å². The molecule has 0 aliphatic carbocycles. The Bertz CT molecular complexity index is 1230. The van der Waals surface area contributed by atoms with Crippen molar-refractivity contribution in [1.82, 2.24) is 10.6 Å². The number of ether oxygens (including phenoxy) is 2. The molecule has 0 radical (unpaired) electrons. The summed E-state index contributed by atoms with van der Waals surface area (Å²) in [6, 6.07) is 13.4. The molecule has 0 saturated carbocycles. The second-order valence-corrected chi connectivity index (χ2v) is 7.13. The summed E-state index contributed by atoms with van der Waals surface area (Å²) in [5.41, 5.74) is 1.04. The van der Waals surface area contributed by atoms with Crippen molar-refractivity contribution in [2.45, 2.75) is 20.0 Å². The second-order valence-electron chi connectivity index (χ2n) is 7.13. The predicted octanol–water partition coefficient (Wildman–Crippen LogP) is 2.41. The number of nitrogens with one attached hydrogen (secondary N) is 2. The Balaban J connectivity index is 1.68. The first kappa shape index (κ1) is 23.5. The Kier molecular flexibility index (Phi) is 7.80. The van der Waals surface area contributed by atoms with E-state index in [-0.39, 0.29) is 12.2 Å². The van der Waals surface area contributed by atoms with Gasteiger partial charge in [-0.15, -0.1) is 0 Å². The zero-order chi connectivity index (χ0) is 23.8. The van der Waals surface area contributed by atoms with Crippen LogP contribution >= 0.6 is 0 Å². The molecule has 2 N–H and O–H groups in total. The Morgan fingerprint density at radius 3 is 2.45 bits per heavy atom. The Hall–Kier alpha value is -4.14. The molecule has 9 heteroatoms. The van der Waals surface area contributed by atoms with E-state index >= 15 is 0 Å². The minimum Gasteiger partial charge on any atom is -0.461 e. The standard InChI is InChI=1S/C24H25N3O6/c1-15(28)31-14-17-6-9-21-18(12-17)13-20(23(30)33-21)22(29)32-19-7-4-16(5-8-19)10-11-27-24(25-2)26-3/h4-9,12-13H,10-11,14H2,1-3H3,(H2,25,26,27). The molecule has 0 aliphatic heterocycles. The third kappa shape index (κ3) is 6.42. The minimum absolute atomic E-state index is 0.0769. The van der Waals surface area contributed by atoms with Gasteiger partial charge in [0.05, 0.1) is 0 Å². The monoisotopic (exact) mass is 451 g/mol. The van der Waals surface area contributed by atoms with Crippen LogP contribution in [0.1, 0.15) is 28.4 Å². The van der Waals surface area contributed by atoms with Gasteiger partial charge in [0.25, 0.3) is 0 Å². The predicted molar refractivity (Wildman–Crippen MR) is 123 cm³/mol. The van der Waals surface area contributed by atoms with Gasteiger partial charge in [0.1, 0.15) is 23.5 Å². The summed E-state index contributed by atoms with van der Waals surface area (Å²) in [6.45, 7) is 2.08. The van der Waals surface area contributed by atoms with E-state index < -0.39 is 17.6 Å². The van der Waals surface area contributed by atoms with E-state index in [2.05, 4.69) is 15.6 Å². The number of nitrogens with zero attached hydrogens (tertiary/aromatic N) is 1. The highest BCUT2D eigenvalue weighted by molar-refractivity contribution is 5.94. The van der Waals surface area contributed by atoms with Crippen LogP contribution in [0.15, 0.2) is 62.7 Å². The van der Waals surface area contributed by atoms with E-state index in [1.54, 1.807) is 44.4 Å². The van der Waals surface area contributed by atoms with Crippen molar-refractivity contribution in [2.75, 3.05) is 20.6 Å². The van der Waals surface area contributed by atoms with Gasteiger partial charge in [0, 0.05) is 33.0 Å². The molecule has 3 rings (SSSR count). The Morgan fingerprint density at radius 2 is 1.79 bits per heavy atom. The fourth-order valence-electron chi connectivity index (χ4n) is 3.08. The van der Waals surface area contributed by atoms with Crippen LogP contribution in [-0.4, -0.2) is 38.5 Å². The van der Waals surface area contributed by atoms with Crippen LogP contribution < -0.4 is 21.0 Å². The first-order valence-electron chi connectivity index (χ1n) is 10.3. The quantitative estimate of drug-likeness (QED) is 0.185. The molecule has 0 unspecified atom stereocenters. The van der Waals surface area contributed by atoms with Gasteiger partial charge >= 0.3 is 17.6 Å². The van der Waals surface area contributed by atoms with Crippen LogP contribution in [0, 0.1) is 0 Å². The number of esters is 2. The van der Waals surface area contributed by atoms with E-state index in [4.69, 9.17) is 13.9 Å². The summed E-state index contributed by atoms with van der Waals surface area (Å²) < 4.78 is 15.6. The lowest BCUT2D eigenvalue weighted by molar-refractivity contribution is -0.142. The third-order valence-electron chi connectivity index (χ3n) is 4.76. The van der Waals surface area contributed by atoms with Gasteiger partial charge in [-0.2, -0.15) is 0 Å². The molecule has 0 bridgehead atoms. The van der Waals surface area contributed by atoms with Gasteiger partial charge < -0.3 is 24.5 Å². The number of carbonyl (C=O) groups is 2. The van der Waals surface area contributed by atoms with Gasteiger partial charge in [0.2, 0.25) is 0 Å². The molecule has 3 aromatic rings. The maximum Gasteiger partial charge on any atom is 0.351 e. The molecule has 0 spiro atoms. The van der Waals surface area contributed by atoms with Crippen LogP contribution in [-0.2, 0) is 22.6 Å². The van der Waals surface area contributed by atoms with E-state index in [0.29, 0.717) is 34.8 Å². The topological polar surface area (TPSA) is 119 Å². The van der Waals surface area contributed by atoms with Crippen LogP contribution in [0.25, 0.3) is 11.0 Å². The van der Waals surface area contributed by atoms with Gasteiger partial charge in [0.15, 0.2) is 5.96 Å². The van der Waals surface area contributed by atoms with E-state index in [9.17, 15) is 14.4 Å². The maximum atomic E-state index is 12.6. The van der Waals surface area contributed by atoms with Gasteiger partial charge in [-0.3, -0.25) is 9.79 Å². The highest BCUT2D eigenvalue weighted by Gasteiger charge is 2.16. The van der Waals surface area contributed by atoms with Crippen molar-refractivity contribution >= 4 is 28.9 Å².